The van der Waals surface area contributed by atoms with E-state index < -0.39 is 6.09 Å². The first-order valence-corrected chi connectivity index (χ1v) is 5.68. The maximum atomic E-state index is 11.7. The van der Waals surface area contributed by atoms with Gasteiger partial charge in [0.1, 0.15) is 0 Å². The second kappa shape index (κ2) is 5.72. The van der Waals surface area contributed by atoms with Crippen LogP contribution in [0.4, 0.5) is 4.79 Å². The number of nitrogens with zero attached hydrogens (tertiary/aromatic N) is 1. The highest BCUT2D eigenvalue weighted by atomic mass is 16.4. The molecule has 16 heavy (non-hydrogen) atoms. The van der Waals surface area contributed by atoms with Crippen LogP contribution < -0.4 is 5.32 Å². The molecular weight excluding hydrogens is 208 g/mol. The lowest BCUT2D eigenvalue weighted by Crippen LogP contribution is -2.35. The van der Waals surface area contributed by atoms with Gasteiger partial charge in [-0.1, -0.05) is 0 Å². The maximum absolute atomic E-state index is 11.7. The van der Waals surface area contributed by atoms with Crippen molar-refractivity contribution in [2.24, 2.45) is 11.8 Å². The third-order valence-electron chi connectivity index (χ3n) is 3.18. The van der Waals surface area contributed by atoms with Gasteiger partial charge in [-0.25, -0.2) is 4.79 Å². The Morgan fingerprint density at radius 3 is 2.25 bits per heavy atom. The summed E-state index contributed by atoms with van der Waals surface area (Å²) in [6.45, 7) is 0.512. The van der Waals surface area contributed by atoms with E-state index in [0.29, 0.717) is 12.5 Å². The molecule has 0 saturated heterocycles. The smallest absolute Gasteiger partial charge is 0.404 e. The highest BCUT2D eigenvalue weighted by Crippen LogP contribution is 2.29. The van der Waals surface area contributed by atoms with E-state index in [2.05, 4.69) is 5.32 Å². The van der Waals surface area contributed by atoms with Crippen LogP contribution in [0.1, 0.15) is 25.7 Å². The lowest BCUT2D eigenvalue weighted by molar-refractivity contribution is -0.134. The average Bonchev–Trinajstić information content (AvgIpc) is 2.26. The van der Waals surface area contributed by atoms with Gasteiger partial charge in [-0.15, -0.1) is 0 Å². The van der Waals surface area contributed by atoms with Crippen molar-refractivity contribution < 1.29 is 14.7 Å². The lowest BCUT2D eigenvalue weighted by Gasteiger charge is -2.29. The van der Waals surface area contributed by atoms with Crippen molar-refractivity contribution in [2.45, 2.75) is 25.7 Å². The van der Waals surface area contributed by atoms with Crippen LogP contribution in [0.3, 0.4) is 0 Å². The summed E-state index contributed by atoms with van der Waals surface area (Å²) in [5.74, 6) is 0.725. The van der Waals surface area contributed by atoms with E-state index in [9.17, 15) is 9.59 Å². The Morgan fingerprint density at radius 1 is 1.25 bits per heavy atom. The van der Waals surface area contributed by atoms with Gasteiger partial charge < -0.3 is 15.3 Å². The van der Waals surface area contributed by atoms with E-state index in [0.717, 1.165) is 25.7 Å². The van der Waals surface area contributed by atoms with E-state index in [1.165, 1.54) is 0 Å². The molecule has 2 amide bonds. The number of carbonyl (C=O) groups is 2. The van der Waals surface area contributed by atoms with Gasteiger partial charge in [0.2, 0.25) is 5.91 Å². The molecule has 0 aromatic heterocycles. The molecule has 2 N–H and O–H groups in total. The van der Waals surface area contributed by atoms with Crippen molar-refractivity contribution in [3.8, 4) is 0 Å². The first kappa shape index (κ1) is 12.8. The van der Waals surface area contributed by atoms with Gasteiger partial charge in [0.05, 0.1) is 0 Å². The van der Waals surface area contributed by atoms with Crippen LogP contribution in [0, 0.1) is 11.8 Å². The van der Waals surface area contributed by atoms with Crippen molar-refractivity contribution in [1.29, 1.82) is 0 Å². The molecule has 1 saturated carbocycles. The summed E-state index contributed by atoms with van der Waals surface area (Å²) >= 11 is 0. The fraction of sp³-hybridized carbons (Fsp3) is 0.818. The Bertz CT molecular complexity index is 258. The molecule has 0 unspecified atom stereocenters. The topological polar surface area (TPSA) is 69.6 Å². The quantitative estimate of drug-likeness (QED) is 0.761. The Hall–Kier alpha value is -1.26. The summed E-state index contributed by atoms with van der Waals surface area (Å²) in [5, 5.41) is 10.9. The normalized spacial score (nSPS) is 24.9. The fourth-order valence-electron chi connectivity index (χ4n) is 2.21. The van der Waals surface area contributed by atoms with E-state index in [-0.39, 0.29) is 11.8 Å². The molecule has 0 atom stereocenters. The number of carboxylic acid groups (broad SMARTS) is 1. The molecule has 0 radical (unpaired) electrons. The summed E-state index contributed by atoms with van der Waals surface area (Å²) in [5.41, 5.74) is 0. The number of nitrogens with one attached hydrogen (secondary N) is 1. The molecule has 0 aliphatic heterocycles. The Labute approximate surface area is 95.8 Å². The largest absolute Gasteiger partial charge is 0.465 e. The number of carbonyl (C=O) groups excluding carboxylic acids is 1. The van der Waals surface area contributed by atoms with E-state index >= 15 is 0 Å². The Balaban J connectivity index is 2.28. The minimum Gasteiger partial charge on any atom is -0.465 e. The van der Waals surface area contributed by atoms with Crippen molar-refractivity contribution in [2.75, 3.05) is 20.6 Å². The molecule has 1 rings (SSSR count). The molecule has 1 fully saturated rings. The average molecular weight is 228 g/mol. The zero-order valence-electron chi connectivity index (χ0n) is 9.90. The molecule has 5 nitrogen and oxygen atoms in total. The standard InChI is InChI=1S/C11H20N2O3/c1-13(2)10(14)9-5-3-8(4-6-9)7-12-11(15)16/h8-9,12H,3-7H2,1-2H3,(H,15,16). The first-order valence-electron chi connectivity index (χ1n) is 5.68. The molecule has 0 bridgehead atoms. The fourth-order valence-corrected chi connectivity index (χ4v) is 2.21. The van der Waals surface area contributed by atoms with Crippen molar-refractivity contribution >= 4 is 12.0 Å². The van der Waals surface area contributed by atoms with Crippen LogP contribution in [0.2, 0.25) is 0 Å². The second-order valence-electron chi connectivity index (χ2n) is 4.64. The predicted molar refractivity (Wildman–Crippen MR) is 60.2 cm³/mol. The van der Waals surface area contributed by atoms with Crippen LogP contribution in [0.25, 0.3) is 0 Å². The zero-order chi connectivity index (χ0) is 12.1. The Kier molecular flexibility index (Phi) is 4.58. The minimum atomic E-state index is -0.966. The number of amides is 2. The number of hydrogen-bond donors (Lipinski definition) is 2. The third-order valence-corrected chi connectivity index (χ3v) is 3.18. The molecule has 0 heterocycles. The highest BCUT2D eigenvalue weighted by molar-refractivity contribution is 5.78. The lowest BCUT2D eigenvalue weighted by atomic mass is 9.81. The van der Waals surface area contributed by atoms with Crippen LogP contribution in [-0.4, -0.2) is 42.6 Å². The molecule has 1 aliphatic carbocycles. The monoisotopic (exact) mass is 228 g/mol. The van der Waals surface area contributed by atoms with Gasteiger partial charge in [-0.2, -0.15) is 0 Å². The zero-order valence-corrected chi connectivity index (χ0v) is 9.90. The molecule has 0 aromatic carbocycles. The summed E-state index contributed by atoms with van der Waals surface area (Å²) in [6.07, 6.45) is 2.66. The van der Waals surface area contributed by atoms with Gasteiger partial charge in [0.15, 0.2) is 0 Å². The first-order chi connectivity index (χ1) is 7.50. The summed E-state index contributed by atoms with van der Waals surface area (Å²) in [4.78, 5) is 23.7. The van der Waals surface area contributed by atoms with E-state index in [1.54, 1.807) is 19.0 Å². The molecule has 1 aliphatic rings. The summed E-state index contributed by atoms with van der Waals surface area (Å²) in [7, 11) is 3.56. The van der Waals surface area contributed by atoms with Crippen molar-refractivity contribution in [3.05, 3.63) is 0 Å². The maximum Gasteiger partial charge on any atom is 0.404 e. The number of hydrogen-bond acceptors (Lipinski definition) is 2. The minimum absolute atomic E-state index is 0.135. The van der Waals surface area contributed by atoms with Gasteiger partial charge in [0.25, 0.3) is 0 Å². The van der Waals surface area contributed by atoms with Gasteiger partial charge in [-0.05, 0) is 31.6 Å². The van der Waals surface area contributed by atoms with Gasteiger partial charge >= 0.3 is 6.09 Å². The third kappa shape index (κ3) is 3.72. The van der Waals surface area contributed by atoms with Crippen molar-refractivity contribution in [3.63, 3.8) is 0 Å². The van der Waals surface area contributed by atoms with E-state index in [1.807, 2.05) is 0 Å². The number of rotatable bonds is 3. The van der Waals surface area contributed by atoms with Crippen LogP contribution in [-0.2, 0) is 4.79 Å². The van der Waals surface area contributed by atoms with Crippen LogP contribution in [0.5, 0.6) is 0 Å². The van der Waals surface area contributed by atoms with Crippen LogP contribution in [0.15, 0.2) is 0 Å². The van der Waals surface area contributed by atoms with Crippen LogP contribution >= 0.6 is 0 Å². The highest BCUT2D eigenvalue weighted by Gasteiger charge is 2.27. The van der Waals surface area contributed by atoms with Crippen molar-refractivity contribution in [1.82, 2.24) is 10.2 Å². The SMILES string of the molecule is CN(C)C(=O)C1CCC(CNC(=O)O)CC1. The van der Waals surface area contributed by atoms with Gasteiger partial charge in [0, 0.05) is 26.6 Å². The van der Waals surface area contributed by atoms with E-state index in [4.69, 9.17) is 5.11 Å². The van der Waals surface area contributed by atoms with Gasteiger partial charge in [-0.3, -0.25) is 4.79 Å². The Morgan fingerprint density at radius 2 is 1.81 bits per heavy atom. The molecule has 92 valence electrons. The molecule has 0 aromatic rings. The summed E-state index contributed by atoms with van der Waals surface area (Å²) in [6, 6.07) is 0. The predicted octanol–water partition coefficient (Wildman–Crippen LogP) is 1.15. The second-order valence-corrected chi connectivity index (χ2v) is 4.64. The summed E-state index contributed by atoms with van der Waals surface area (Å²) < 4.78 is 0. The molecular formula is C11H20N2O3. The molecule has 0 spiro atoms. The molecule has 5 heteroatoms.